The average molecular weight is 314 g/mol. The molecule has 0 saturated carbocycles. The van der Waals surface area contributed by atoms with Crippen LogP contribution in [0.25, 0.3) is 0 Å². The van der Waals surface area contributed by atoms with Gasteiger partial charge in [0.2, 0.25) is 0 Å². The molecule has 1 unspecified atom stereocenters. The highest BCUT2D eigenvalue weighted by molar-refractivity contribution is 9.10. The third-order valence-corrected chi connectivity index (χ3v) is 3.76. The first-order valence-corrected chi connectivity index (χ1v) is 6.70. The zero-order chi connectivity index (χ0) is 13.1. The van der Waals surface area contributed by atoms with E-state index < -0.39 is 5.97 Å². The fraction of sp³-hybridized carbons (Fsp3) is 0.462. The van der Waals surface area contributed by atoms with Gasteiger partial charge < -0.3 is 9.84 Å². The molecule has 18 heavy (non-hydrogen) atoms. The number of carboxylic acid groups (broad SMARTS) is 1. The lowest BCUT2D eigenvalue weighted by Gasteiger charge is -2.22. The summed E-state index contributed by atoms with van der Waals surface area (Å²) in [7, 11) is 1.63. The minimum absolute atomic E-state index is 0.363. The molecule has 0 bridgehead atoms. The zero-order valence-electron chi connectivity index (χ0n) is 10.2. The normalized spacial score (nSPS) is 20.0. The van der Waals surface area contributed by atoms with Gasteiger partial charge in [-0.1, -0.05) is 22.0 Å². The lowest BCUT2D eigenvalue weighted by atomic mass is 10.1. The molecule has 1 aromatic rings. The van der Waals surface area contributed by atoms with Crippen LogP contribution in [0, 0.1) is 0 Å². The maximum absolute atomic E-state index is 11.1. The van der Waals surface area contributed by atoms with Gasteiger partial charge in [0.05, 0.1) is 7.11 Å². The molecule has 0 aromatic heterocycles. The van der Waals surface area contributed by atoms with E-state index in [9.17, 15) is 4.79 Å². The van der Waals surface area contributed by atoms with Gasteiger partial charge in [0, 0.05) is 16.6 Å². The van der Waals surface area contributed by atoms with E-state index in [-0.39, 0.29) is 6.04 Å². The van der Waals surface area contributed by atoms with Crippen LogP contribution in [-0.4, -0.2) is 35.7 Å². The Kier molecular flexibility index (Phi) is 4.24. The Labute approximate surface area is 115 Å². The second kappa shape index (κ2) is 5.71. The predicted octanol–water partition coefficient (Wildman–Crippen LogP) is 2.51. The van der Waals surface area contributed by atoms with Crippen LogP contribution in [0.2, 0.25) is 0 Å². The predicted molar refractivity (Wildman–Crippen MR) is 71.8 cm³/mol. The van der Waals surface area contributed by atoms with Crippen LogP contribution >= 0.6 is 15.9 Å². The third kappa shape index (κ3) is 2.84. The lowest BCUT2D eigenvalue weighted by Crippen LogP contribution is -2.35. The van der Waals surface area contributed by atoms with Crippen molar-refractivity contribution in [2.45, 2.75) is 25.4 Å². The van der Waals surface area contributed by atoms with Crippen molar-refractivity contribution in [3.63, 3.8) is 0 Å². The summed E-state index contributed by atoms with van der Waals surface area (Å²) in [6.07, 6.45) is 1.67. The summed E-state index contributed by atoms with van der Waals surface area (Å²) in [4.78, 5) is 13.1. The highest BCUT2D eigenvalue weighted by Gasteiger charge is 2.30. The number of carbonyl (C=O) groups is 1. The topological polar surface area (TPSA) is 49.8 Å². The van der Waals surface area contributed by atoms with Crippen molar-refractivity contribution in [2.24, 2.45) is 0 Å². The van der Waals surface area contributed by atoms with Gasteiger partial charge in [-0.05, 0) is 31.5 Å². The number of hydrogen-bond acceptors (Lipinski definition) is 3. The van der Waals surface area contributed by atoms with Crippen molar-refractivity contribution < 1.29 is 14.6 Å². The van der Waals surface area contributed by atoms with Gasteiger partial charge in [-0.25, -0.2) is 0 Å². The summed E-state index contributed by atoms with van der Waals surface area (Å²) in [5.41, 5.74) is 1.02. The van der Waals surface area contributed by atoms with E-state index in [1.807, 2.05) is 23.1 Å². The van der Waals surface area contributed by atoms with Crippen molar-refractivity contribution in [3.8, 4) is 5.75 Å². The van der Waals surface area contributed by atoms with Crippen molar-refractivity contribution >= 4 is 21.9 Å². The van der Waals surface area contributed by atoms with E-state index in [0.29, 0.717) is 6.54 Å². The van der Waals surface area contributed by atoms with Crippen LogP contribution in [-0.2, 0) is 11.3 Å². The Bertz CT molecular complexity index is 450. The molecular formula is C13H16BrNO3. The summed E-state index contributed by atoms with van der Waals surface area (Å²) in [5, 5.41) is 9.15. The quantitative estimate of drug-likeness (QED) is 0.928. The van der Waals surface area contributed by atoms with Gasteiger partial charge >= 0.3 is 5.97 Å². The minimum Gasteiger partial charge on any atom is -0.496 e. The number of benzene rings is 1. The molecule has 1 aliphatic heterocycles. The van der Waals surface area contributed by atoms with Crippen molar-refractivity contribution in [1.29, 1.82) is 0 Å². The average Bonchev–Trinajstić information content (AvgIpc) is 2.79. The molecule has 1 aromatic carbocycles. The summed E-state index contributed by atoms with van der Waals surface area (Å²) in [6.45, 7) is 1.45. The van der Waals surface area contributed by atoms with Gasteiger partial charge in [-0.2, -0.15) is 0 Å². The zero-order valence-corrected chi connectivity index (χ0v) is 11.8. The van der Waals surface area contributed by atoms with Crippen LogP contribution in [0.4, 0.5) is 0 Å². The monoisotopic (exact) mass is 313 g/mol. The molecule has 1 aliphatic rings. The Morgan fingerprint density at radius 3 is 3.06 bits per heavy atom. The van der Waals surface area contributed by atoms with E-state index >= 15 is 0 Å². The lowest BCUT2D eigenvalue weighted by molar-refractivity contribution is -0.142. The molecule has 1 fully saturated rings. The number of likely N-dealkylation sites (tertiary alicyclic amines) is 1. The minimum atomic E-state index is -0.733. The van der Waals surface area contributed by atoms with Gasteiger partial charge in [0.1, 0.15) is 11.8 Å². The molecular weight excluding hydrogens is 298 g/mol. The molecule has 1 saturated heterocycles. The molecule has 0 amide bonds. The van der Waals surface area contributed by atoms with Gasteiger partial charge in [0.15, 0.2) is 0 Å². The SMILES string of the molecule is COc1cc(Br)ccc1CN1CCCC1C(=O)O. The molecule has 1 heterocycles. The summed E-state index contributed by atoms with van der Waals surface area (Å²) >= 11 is 3.40. The number of hydrogen-bond donors (Lipinski definition) is 1. The maximum Gasteiger partial charge on any atom is 0.320 e. The molecule has 1 atom stereocenters. The maximum atomic E-state index is 11.1. The first kappa shape index (κ1) is 13.4. The first-order chi connectivity index (χ1) is 8.61. The third-order valence-electron chi connectivity index (χ3n) is 3.27. The van der Waals surface area contributed by atoms with E-state index in [4.69, 9.17) is 9.84 Å². The largest absolute Gasteiger partial charge is 0.496 e. The van der Waals surface area contributed by atoms with E-state index in [0.717, 1.165) is 35.2 Å². The van der Waals surface area contributed by atoms with Crippen LogP contribution in [0.3, 0.4) is 0 Å². The molecule has 98 valence electrons. The van der Waals surface area contributed by atoms with E-state index in [2.05, 4.69) is 15.9 Å². The van der Waals surface area contributed by atoms with Crippen molar-refractivity contribution in [3.05, 3.63) is 28.2 Å². The number of methoxy groups -OCH3 is 1. The Hall–Kier alpha value is -1.07. The van der Waals surface area contributed by atoms with E-state index in [1.54, 1.807) is 7.11 Å². The number of aliphatic carboxylic acids is 1. The Morgan fingerprint density at radius 2 is 2.39 bits per heavy atom. The fourth-order valence-electron chi connectivity index (χ4n) is 2.36. The first-order valence-electron chi connectivity index (χ1n) is 5.91. The number of rotatable bonds is 4. The second-order valence-electron chi connectivity index (χ2n) is 4.42. The highest BCUT2D eigenvalue weighted by atomic mass is 79.9. The molecule has 0 spiro atoms. The number of carboxylic acids is 1. The number of halogens is 1. The van der Waals surface area contributed by atoms with Crippen LogP contribution in [0.15, 0.2) is 22.7 Å². The van der Waals surface area contributed by atoms with Crippen LogP contribution < -0.4 is 4.74 Å². The van der Waals surface area contributed by atoms with Gasteiger partial charge in [0.25, 0.3) is 0 Å². The highest BCUT2D eigenvalue weighted by Crippen LogP contribution is 2.27. The number of nitrogens with zero attached hydrogens (tertiary/aromatic N) is 1. The molecule has 0 radical (unpaired) electrons. The Balaban J connectivity index is 2.16. The van der Waals surface area contributed by atoms with Crippen LogP contribution in [0.5, 0.6) is 5.75 Å². The van der Waals surface area contributed by atoms with Gasteiger partial charge in [-0.15, -0.1) is 0 Å². The summed E-state index contributed by atoms with van der Waals surface area (Å²) in [5.74, 6) is 0.0593. The molecule has 0 aliphatic carbocycles. The number of ether oxygens (including phenoxy) is 1. The molecule has 5 heteroatoms. The van der Waals surface area contributed by atoms with Crippen LogP contribution in [0.1, 0.15) is 18.4 Å². The summed E-state index contributed by atoms with van der Waals surface area (Å²) < 4.78 is 6.29. The fourth-order valence-corrected chi connectivity index (χ4v) is 2.70. The molecule has 1 N–H and O–H groups in total. The second-order valence-corrected chi connectivity index (χ2v) is 5.34. The standard InChI is InChI=1S/C13H16BrNO3/c1-18-12-7-10(14)5-4-9(12)8-15-6-2-3-11(15)13(16)17/h4-5,7,11H,2-3,6,8H2,1H3,(H,16,17). The molecule has 2 rings (SSSR count). The van der Waals surface area contributed by atoms with Gasteiger partial charge in [-0.3, -0.25) is 9.69 Å². The smallest absolute Gasteiger partial charge is 0.320 e. The van der Waals surface area contributed by atoms with Crippen molar-refractivity contribution in [1.82, 2.24) is 4.90 Å². The van der Waals surface area contributed by atoms with E-state index in [1.165, 1.54) is 0 Å². The summed E-state index contributed by atoms with van der Waals surface area (Å²) in [6, 6.07) is 5.46. The molecule has 4 nitrogen and oxygen atoms in total. The van der Waals surface area contributed by atoms with Crippen molar-refractivity contribution in [2.75, 3.05) is 13.7 Å². The Morgan fingerprint density at radius 1 is 1.61 bits per heavy atom.